The number of alkyl halides is 3. The van der Waals surface area contributed by atoms with Gasteiger partial charge in [0.1, 0.15) is 11.5 Å². The minimum atomic E-state index is -4.66. The van der Waals surface area contributed by atoms with Crippen molar-refractivity contribution in [3.05, 3.63) is 41.0 Å². The second-order valence-corrected chi connectivity index (χ2v) is 3.90. The van der Waals surface area contributed by atoms with Crippen LogP contribution in [0.15, 0.2) is 18.2 Å². The molecule has 20 heavy (non-hydrogen) atoms. The van der Waals surface area contributed by atoms with Crippen molar-refractivity contribution >= 4 is 5.97 Å². The van der Waals surface area contributed by atoms with Crippen LogP contribution < -0.4 is 0 Å². The summed E-state index contributed by atoms with van der Waals surface area (Å²) in [5, 5.41) is 15.5. The zero-order chi connectivity index (χ0) is 15.1. The Bertz CT molecular complexity index is 679. The normalized spacial score (nSPS) is 11.7. The molecule has 1 heterocycles. The highest BCUT2D eigenvalue weighted by molar-refractivity contribution is 5.86. The van der Waals surface area contributed by atoms with Crippen LogP contribution in [-0.2, 0) is 6.18 Å². The Kier molecular flexibility index (Phi) is 3.20. The lowest BCUT2D eigenvalue weighted by molar-refractivity contribution is -0.137. The highest BCUT2D eigenvalue weighted by atomic mass is 19.4. The monoisotopic (exact) mass is 289 g/mol. The topological polar surface area (TPSA) is 68.0 Å². The fourth-order valence-electron chi connectivity index (χ4n) is 1.61. The van der Waals surface area contributed by atoms with Gasteiger partial charge in [-0.05, 0) is 25.1 Å². The molecule has 0 saturated carbocycles. The number of halogens is 4. The Morgan fingerprint density at radius 3 is 2.45 bits per heavy atom. The molecule has 2 rings (SSSR count). The lowest BCUT2D eigenvalue weighted by Crippen LogP contribution is -2.09. The first kappa shape index (κ1) is 14.0. The highest BCUT2D eigenvalue weighted by Crippen LogP contribution is 2.31. The molecule has 0 bridgehead atoms. The quantitative estimate of drug-likeness (QED) is 0.862. The second kappa shape index (κ2) is 4.58. The van der Waals surface area contributed by atoms with Gasteiger partial charge in [-0.15, -0.1) is 5.10 Å². The molecule has 0 spiro atoms. The van der Waals surface area contributed by atoms with Gasteiger partial charge in [-0.25, -0.2) is 13.9 Å². The van der Waals surface area contributed by atoms with Crippen molar-refractivity contribution in [3.63, 3.8) is 0 Å². The fourth-order valence-corrected chi connectivity index (χ4v) is 1.61. The number of rotatable bonds is 2. The van der Waals surface area contributed by atoms with E-state index in [0.29, 0.717) is 12.1 Å². The number of benzene rings is 1. The largest absolute Gasteiger partial charge is 0.476 e. The Labute approximate surface area is 109 Å². The molecule has 0 aliphatic rings. The van der Waals surface area contributed by atoms with E-state index in [2.05, 4.69) is 10.3 Å². The van der Waals surface area contributed by atoms with E-state index < -0.39 is 29.2 Å². The van der Waals surface area contributed by atoms with Gasteiger partial charge in [-0.3, -0.25) is 0 Å². The van der Waals surface area contributed by atoms with Gasteiger partial charge in [-0.2, -0.15) is 13.2 Å². The van der Waals surface area contributed by atoms with E-state index in [0.717, 1.165) is 10.7 Å². The third-order valence-electron chi connectivity index (χ3n) is 2.60. The van der Waals surface area contributed by atoms with Gasteiger partial charge in [-0.1, -0.05) is 5.21 Å². The Hall–Kier alpha value is -2.45. The van der Waals surface area contributed by atoms with Crippen molar-refractivity contribution in [1.82, 2.24) is 15.0 Å². The van der Waals surface area contributed by atoms with Crippen molar-refractivity contribution in [1.29, 1.82) is 0 Å². The Morgan fingerprint density at radius 1 is 1.35 bits per heavy atom. The average Bonchev–Trinajstić information content (AvgIpc) is 2.70. The molecular formula is C11H7F4N3O2. The summed E-state index contributed by atoms with van der Waals surface area (Å²) >= 11 is 0. The number of carboxylic acids is 1. The highest BCUT2D eigenvalue weighted by Gasteiger charge is 2.31. The van der Waals surface area contributed by atoms with Crippen molar-refractivity contribution in [3.8, 4) is 5.69 Å². The van der Waals surface area contributed by atoms with Gasteiger partial charge in [0.25, 0.3) is 0 Å². The Balaban J connectivity index is 2.52. The first-order valence-electron chi connectivity index (χ1n) is 5.24. The van der Waals surface area contributed by atoms with Gasteiger partial charge >= 0.3 is 12.1 Å². The van der Waals surface area contributed by atoms with E-state index >= 15 is 0 Å². The molecule has 0 aliphatic carbocycles. The third kappa shape index (κ3) is 2.33. The van der Waals surface area contributed by atoms with Crippen LogP contribution in [0.4, 0.5) is 17.6 Å². The maximum atomic E-state index is 13.7. The van der Waals surface area contributed by atoms with E-state index in [1.54, 1.807) is 0 Å². The number of aromatic nitrogens is 3. The first-order valence-corrected chi connectivity index (χ1v) is 5.24. The van der Waals surface area contributed by atoms with Crippen LogP contribution in [0.5, 0.6) is 0 Å². The molecular weight excluding hydrogens is 282 g/mol. The summed E-state index contributed by atoms with van der Waals surface area (Å²) in [5.41, 5.74) is -1.84. The minimum Gasteiger partial charge on any atom is -0.476 e. The van der Waals surface area contributed by atoms with Crippen molar-refractivity contribution in [2.75, 3.05) is 0 Å². The van der Waals surface area contributed by atoms with E-state index in [1.807, 2.05) is 0 Å². The number of hydrogen-bond donors (Lipinski definition) is 1. The van der Waals surface area contributed by atoms with Crippen LogP contribution in [0.3, 0.4) is 0 Å². The van der Waals surface area contributed by atoms with Crippen molar-refractivity contribution in [2.45, 2.75) is 13.1 Å². The number of carboxylic acid groups (broad SMARTS) is 1. The summed E-state index contributed by atoms with van der Waals surface area (Å²) in [6.45, 7) is 1.32. The zero-order valence-corrected chi connectivity index (χ0v) is 9.94. The van der Waals surface area contributed by atoms with Crippen LogP contribution in [-0.4, -0.2) is 26.1 Å². The minimum absolute atomic E-state index is 0.0103. The molecule has 0 aliphatic heterocycles. The molecule has 1 aromatic carbocycles. The van der Waals surface area contributed by atoms with Gasteiger partial charge in [0.05, 0.1) is 11.3 Å². The SMILES string of the molecule is Cc1c(C(=O)O)nnn1-c1ccc(C(F)(F)F)cc1F. The summed E-state index contributed by atoms with van der Waals surface area (Å²) in [7, 11) is 0. The second-order valence-electron chi connectivity index (χ2n) is 3.90. The van der Waals surface area contributed by atoms with Gasteiger partial charge in [0.15, 0.2) is 5.69 Å². The summed E-state index contributed by atoms with van der Waals surface area (Å²) in [5.74, 6) is -2.54. The zero-order valence-electron chi connectivity index (χ0n) is 9.94. The molecule has 0 radical (unpaired) electrons. The molecule has 0 fully saturated rings. The molecule has 0 atom stereocenters. The molecule has 1 aromatic heterocycles. The van der Waals surface area contributed by atoms with Crippen molar-refractivity contribution in [2.24, 2.45) is 0 Å². The maximum Gasteiger partial charge on any atom is 0.416 e. The molecule has 106 valence electrons. The predicted octanol–water partition coefficient (Wildman–Crippen LogP) is 2.43. The molecule has 9 heteroatoms. The fraction of sp³-hybridized carbons (Fsp3) is 0.182. The van der Waals surface area contributed by atoms with Crippen LogP contribution in [0.2, 0.25) is 0 Å². The van der Waals surface area contributed by atoms with E-state index in [1.165, 1.54) is 6.92 Å². The number of aromatic carboxylic acids is 1. The number of carbonyl (C=O) groups is 1. The van der Waals surface area contributed by atoms with Crippen molar-refractivity contribution < 1.29 is 27.5 Å². The molecule has 0 unspecified atom stereocenters. The summed E-state index contributed by atoms with van der Waals surface area (Å²) in [4.78, 5) is 10.8. The van der Waals surface area contributed by atoms with E-state index in [-0.39, 0.29) is 11.4 Å². The smallest absolute Gasteiger partial charge is 0.416 e. The lowest BCUT2D eigenvalue weighted by atomic mass is 10.2. The predicted molar refractivity (Wildman–Crippen MR) is 58.0 cm³/mol. The summed E-state index contributed by atoms with van der Waals surface area (Å²) in [6.07, 6.45) is -4.66. The standard InChI is InChI=1S/C11H7F4N3O2/c1-5-9(10(19)20)16-17-18(5)8-3-2-6(4-7(8)12)11(13,14)15/h2-4H,1H3,(H,19,20). The van der Waals surface area contributed by atoms with E-state index in [4.69, 9.17) is 5.11 Å². The molecule has 0 amide bonds. The number of nitrogens with zero attached hydrogens (tertiary/aromatic N) is 3. The van der Waals surface area contributed by atoms with Gasteiger partial charge < -0.3 is 5.11 Å². The third-order valence-corrected chi connectivity index (χ3v) is 2.60. The van der Waals surface area contributed by atoms with Gasteiger partial charge in [0.2, 0.25) is 0 Å². The first-order chi connectivity index (χ1) is 9.21. The maximum absolute atomic E-state index is 13.7. The molecule has 5 nitrogen and oxygen atoms in total. The Morgan fingerprint density at radius 2 is 2.00 bits per heavy atom. The van der Waals surface area contributed by atoms with Crippen LogP contribution in [0, 0.1) is 12.7 Å². The van der Waals surface area contributed by atoms with Gasteiger partial charge in [0, 0.05) is 0 Å². The molecule has 1 N–H and O–H groups in total. The summed E-state index contributed by atoms with van der Waals surface area (Å²) < 4.78 is 51.8. The molecule has 0 saturated heterocycles. The van der Waals surface area contributed by atoms with Crippen LogP contribution in [0.25, 0.3) is 5.69 Å². The van der Waals surface area contributed by atoms with E-state index in [9.17, 15) is 22.4 Å². The lowest BCUT2D eigenvalue weighted by Gasteiger charge is -2.09. The van der Waals surface area contributed by atoms with Crippen LogP contribution in [0.1, 0.15) is 21.7 Å². The molecule has 2 aromatic rings. The summed E-state index contributed by atoms with van der Waals surface area (Å²) in [6, 6.07) is 1.86. The number of hydrogen-bond acceptors (Lipinski definition) is 3. The van der Waals surface area contributed by atoms with Crippen LogP contribution >= 0.6 is 0 Å². The average molecular weight is 289 g/mol.